The van der Waals surface area contributed by atoms with Crippen molar-refractivity contribution in [2.24, 2.45) is 5.92 Å². The number of carbonyl (C=O) groups is 2. The van der Waals surface area contributed by atoms with Crippen molar-refractivity contribution in [1.82, 2.24) is 25.0 Å². The van der Waals surface area contributed by atoms with Crippen molar-refractivity contribution in [2.75, 3.05) is 13.6 Å². The van der Waals surface area contributed by atoms with Gasteiger partial charge in [-0.2, -0.15) is 5.10 Å². The van der Waals surface area contributed by atoms with E-state index in [9.17, 15) is 9.59 Å². The van der Waals surface area contributed by atoms with Gasteiger partial charge in [0.05, 0.1) is 17.6 Å². The zero-order valence-corrected chi connectivity index (χ0v) is 13.8. The van der Waals surface area contributed by atoms with Gasteiger partial charge in [0.15, 0.2) is 0 Å². The molecule has 0 radical (unpaired) electrons. The summed E-state index contributed by atoms with van der Waals surface area (Å²) in [4.78, 5) is 29.6. The van der Waals surface area contributed by atoms with Crippen LogP contribution in [0.2, 0.25) is 0 Å². The molecule has 2 aromatic rings. The normalized spacial score (nSPS) is 18.8. The summed E-state index contributed by atoms with van der Waals surface area (Å²) in [6.45, 7) is 2.43. The van der Waals surface area contributed by atoms with Crippen LogP contribution in [0.25, 0.3) is 5.69 Å². The minimum Gasteiger partial charge on any atom is -0.355 e. The first-order valence-electron chi connectivity index (χ1n) is 8.04. The number of carbonyl (C=O) groups excluding carboxylic acids is 2. The quantitative estimate of drug-likeness (QED) is 0.918. The standard InChI is InChI=1S/C17H21N5O2/c1-12(21(2)17(24)14-5-8-16(23)19-9-14)13-3-6-15(7-4-13)22-11-18-10-20-22/h3-4,6-7,10-12,14H,5,8-9H2,1-2H3,(H,19,23)/t12-,14+/m1/s1. The van der Waals surface area contributed by atoms with Gasteiger partial charge in [-0.15, -0.1) is 0 Å². The zero-order valence-electron chi connectivity index (χ0n) is 13.8. The number of nitrogens with one attached hydrogen (secondary N) is 1. The molecule has 2 heterocycles. The molecule has 0 spiro atoms. The molecule has 0 aliphatic carbocycles. The van der Waals surface area contributed by atoms with Crippen LogP contribution in [0.15, 0.2) is 36.9 Å². The SMILES string of the molecule is C[C@H](c1ccc(-n2cncn2)cc1)N(C)C(=O)[C@H]1CCC(=O)NC1. The van der Waals surface area contributed by atoms with E-state index in [0.29, 0.717) is 19.4 Å². The van der Waals surface area contributed by atoms with Gasteiger partial charge in [-0.25, -0.2) is 9.67 Å². The molecule has 126 valence electrons. The Morgan fingerprint density at radius 3 is 2.71 bits per heavy atom. The fourth-order valence-corrected chi connectivity index (χ4v) is 2.89. The first-order chi connectivity index (χ1) is 11.6. The average Bonchev–Trinajstić information content (AvgIpc) is 3.15. The van der Waals surface area contributed by atoms with Crippen molar-refractivity contribution < 1.29 is 9.59 Å². The molecule has 7 nitrogen and oxygen atoms in total. The summed E-state index contributed by atoms with van der Waals surface area (Å²) in [5.74, 6) is -0.0362. The third-order valence-corrected chi connectivity index (χ3v) is 4.60. The first kappa shape index (κ1) is 16.2. The Bertz CT molecular complexity index is 701. The molecule has 7 heteroatoms. The van der Waals surface area contributed by atoms with Crippen LogP contribution >= 0.6 is 0 Å². The molecule has 1 N–H and O–H groups in total. The molecular weight excluding hydrogens is 306 g/mol. The van der Waals surface area contributed by atoms with E-state index in [-0.39, 0.29) is 23.8 Å². The Labute approximate surface area is 140 Å². The second-order valence-electron chi connectivity index (χ2n) is 6.10. The van der Waals surface area contributed by atoms with E-state index in [1.54, 1.807) is 15.9 Å². The van der Waals surface area contributed by atoms with E-state index in [4.69, 9.17) is 0 Å². The van der Waals surface area contributed by atoms with Gasteiger partial charge >= 0.3 is 0 Å². The summed E-state index contributed by atoms with van der Waals surface area (Å²) in [6.07, 6.45) is 4.18. The summed E-state index contributed by atoms with van der Waals surface area (Å²) in [6, 6.07) is 7.86. The van der Waals surface area contributed by atoms with Gasteiger partial charge in [0.2, 0.25) is 11.8 Å². The van der Waals surface area contributed by atoms with Gasteiger partial charge in [0, 0.05) is 20.0 Å². The highest BCUT2D eigenvalue weighted by Crippen LogP contribution is 2.23. The lowest BCUT2D eigenvalue weighted by Gasteiger charge is -2.31. The molecular formula is C17H21N5O2. The molecule has 0 bridgehead atoms. The third kappa shape index (κ3) is 3.29. The van der Waals surface area contributed by atoms with Crippen LogP contribution in [-0.4, -0.2) is 45.1 Å². The van der Waals surface area contributed by atoms with Gasteiger partial charge in [-0.3, -0.25) is 9.59 Å². The third-order valence-electron chi connectivity index (χ3n) is 4.60. The van der Waals surface area contributed by atoms with Crippen LogP contribution in [0.4, 0.5) is 0 Å². The van der Waals surface area contributed by atoms with Crippen molar-refractivity contribution in [2.45, 2.75) is 25.8 Å². The van der Waals surface area contributed by atoms with Crippen molar-refractivity contribution in [3.63, 3.8) is 0 Å². The largest absolute Gasteiger partial charge is 0.355 e. The van der Waals surface area contributed by atoms with Crippen molar-refractivity contribution in [1.29, 1.82) is 0 Å². The molecule has 1 aromatic carbocycles. The number of benzene rings is 1. The fourth-order valence-electron chi connectivity index (χ4n) is 2.89. The second kappa shape index (κ2) is 6.82. The molecule has 24 heavy (non-hydrogen) atoms. The van der Waals surface area contributed by atoms with Gasteiger partial charge in [0.25, 0.3) is 0 Å². The molecule has 0 unspecified atom stereocenters. The maximum Gasteiger partial charge on any atom is 0.227 e. The van der Waals surface area contributed by atoms with E-state index in [1.165, 1.54) is 6.33 Å². The monoisotopic (exact) mass is 327 g/mol. The van der Waals surface area contributed by atoms with E-state index >= 15 is 0 Å². The number of rotatable bonds is 4. The summed E-state index contributed by atoms with van der Waals surface area (Å²) >= 11 is 0. The lowest BCUT2D eigenvalue weighted by molar-refractivity contribution is -0.138. The minimum atomic E-state index is -0.135. The molecule has 3 rings (SSSR count). The molecule has 1 saturated heterocycles. The van der Waals surface area contributed by atoms with Crippen LogP contribution in [-0.2, 0) is 9.59 Å². The highest BCUT2D eigenvalue weighted by Gasteiger charge is 2.29. The first-order valence-corrected chi connectivity index (χ1v) is 8.04. The molecule has 2 atom stereocenters. The summed E-state index contributed by atoms with van der Waals surface area (Å²) in [7, 11) is 1.81. The summed E-state index contributed by atoms with van der Waals surface area (Å²) in [5.41, 5.74) is 1.97. The maximum atomic E-state index is 12.6. The van der Waals surface area contributed by atoms with Crippen LogP contribution < -0.4 is 5.32 Å². The minimum absolute atomic E-state index is 0.0263. The molecule has 2 amide bonds. The molecule has 1 aliphatic rings. The Morgan fingerprint density at radius 2 is 2.12 bits per heavy atom. The Kier molecular flexibility index (Phi) is 4.59. The molecule has 1 aliphatic heterocycles. The predicted molar refractivity (Wildman–Crippen MR) is 88.3 cm³/mol. The second-order valence-corrected chi connectivity index (χ2v) is 6.10. The van der Waals surface area contributed by atoms with E-state index in [2.05, 4.69) is 15.4 Å². The van der Waals surface area contributed by atoms with Crippen LogP contribution in [0, 0.1) is 5.92 Å². The Morgan fingerprint density at radius 1 is 1.38 bits per heavy atom. The van der Waals surface area contributed by atoms with Crippen LogP contribution in [0.1, 0.15) is 31.4 Å². The number of hydrogen-bond acceptors (Lipinski definition) is 4. The molecule has 1 aromatic heterocycles. The molecule has 1 fully saturated rings. The zero-order chi connectivity index (χ0) is 17.1. The number of nitrogens with zero attached hydrogens (tertiary/aromatic N) is 4. The highest BCUT2D eigenvalue weighted by atomic mass is 16.2. The van der Waals surface area contributed by atoms with Gasteiger partial charge in [0.1, 0.15) is 12.7 Å². The van der Waals surface area contributed by atoms with Crippen molar-refractivity contribution in [3.8, 4) is 5.69 Å². The van der Waals surface area contributed by atoms with Crippen LogP contribution in [0.5, 0.6) is 0 Å². The number of hydrogen-bond donors (Lipinski definition) is 1. The van der Waals surface area contributed by atoms with E-state index < -0.39 is 0 Å². The van der Waals surface area contributed by atoms with Crippen LogP contribution in [0.3, 0.4) is 0 Å². The average molecular weight is 327 g/mol. The van der Waals surface area contributed by atoms with Gasteiger partial charge in [-0.05, 0) is 31.0 Å². The smallest absolute Gasteiger partial charge is 0.227 e. The summed E-state index contributed by atoms with van der Waals surface area (Å²) < 4.78 is 1.69. The Hall–Kier alpha value is -2.70. The van der Waals surface area contributed by atoms with Gasteiger partial charge in [-0.1, -0.05) is 12.1 Å². The predicted octanol–water partition coefficient (Wildman–Crippen LogP) is 1.31. The van der Waals surface area contributed by atoms with E-state index in [0.717, 1.165) is 11.3 Å². The lowest BCUT2D eigenvalue weighted by atomic mass is 9.96. The Balaban J connectivity index is 1.67. The van der Waals surface area contributed by atoms with Gasteiger partial charge < -0.3 is 10.2 Å². The number of aromatic nitrogens is 3. The van der Waals surface area contributed by atoms with Crippen molar-refractivity contribution >= 4 is 11.8 Å². The lowest BCUT2D eigenvalue weighted by Crippen LogP contribution is -2.44. The summed E-state index contributed by atoms with van der Waals surface area (Å²) in [5, 5.41) is 6.87. The topological polar surface area (TPSA) is 80.1 Å². The highest BCUT2D eigenvalue weighted by molar-refractivity contribution is 5.83. The molecule has 0 saturated carbocycles. The van der Waals surface area contributed by atoms with Crippen molar-refractivity contribution in [3.05, 3.63) is 42.5 Å². The van der Waals surface area contributed by atoms with E-state index in [1.807, 2.05) is 38.2 Å². The number of piperidine rings is 1. The fraction of sp³-hybridized carbons (Fsp3) is 0.412. The number of amides is 2. The maximum absolute atomic E-state index is 12.6.